The Morgan fingerprint density at radius 1 is 1.52 bits per heavy atom. The van der Waals surface area contributed by atoms with Crippen molar-refractivity contribution in [1.29, 1.82) is 0 Å². The molecule has 1 saturated carbocycles. The second kappa shape index (κ2) is 6.87. The van der Waals surface area contributed by atoms with E-state index in [-0.39, 0.29) is 16.9 Å². The van der Waals surface area contributed by atoms with E-state index in [1.807, 2.05) is 0 Å². The molecule has 0 bridgehead atoms. The zero-order valence-corrected chi connectivity index (χ0v) is 13.1. The maximum absolute atomic E-state index is 12.2. The molecule has 0 atom stereocenters. The van der Waals surface area contributed by atoms with Gasteiger partial charge in [-0.3, -0.25) is 4.68 Å². The number of ether oxygens (including phenoxy) is 1. The average molecular weight is 317 g/mol. The number of sulfonamides is 1. The fraction of sp³-hybridized carbons (Fsp3) is 0.769. The fourth-order valence-corrected chi connectivity index (χ4v) is 3.29. The van der Waals surface area contributed by atoms with Gasteiger partial charge in [0.1, 0.15) is 4.90 Å². The van der Waals surface area contributed by atoms with Crippen LogP contribution in [0.25, 0.3) is 0 Å². The maximum Gasteiger partial charge on any atom is 0.243 e. The van der Waals surface area contributed by atoms with E-state index in [0.29, 0.717) is 26.1 Å². The number of aryl methyl sites for hydroxylation is 1. The van der Waals surface area contributed by atoms with Crippen molar-refractivity contribution in [2.45, 2.75) is 37.1 Å². The number of aromatic nitrogens is 2. The molecule has 1 aliphatic carbocycles. The lowest BCUT2D eigenvalue weighted by Gasteiger charge is -2.15. The molecule has 0 aliphatic heterocycles. The molecular formula is C13H23N3O4S. The molecule has 2 rings (SSSR count). The van der Waals surface area contributed by atoms with E-state index in [4.69, 9.17) is 9.84 Å². The third-order valence-corrected chi connectivity index (χ3v) is 5.25. The normalized spacial score (nSPS) is 17.0. The van der Waals surface area contributed by atoms with Gasteiger partial charge in [0.25, 0.3) is 0 Å². The van der Waals surface area contributed by atoms with Crippen LogP contribution >= 0.6 is 0 Å². The van der Waals surface area contributed by atoms with Crippen LogP contribution < -0.4 is 4.72 Å². The van der Waals surface area contributed by atoms with Crippen molar-refractivity contribution < 1.29 is 18.3 Å². The highest BCUT2D eigenvalue weighted by atomic mass is 32.2. The average Bonchev–Trinajstić information content (AvgIpc) is 3.08. The largest absolute Gasteiger partial charge is 0.396 e. The summed E-state index contributed by atoms with van der Waals surface area (Å²) < 4.78 is 33.7. The van der Waals surface area contributed by atoms with Crippen LogP contribution in [0.2, 0.25) is 0 Å². The summed E-state index contributed by atoms with van der Waals surface area (Å²) in [6, 6.07) is 0. The summed E-state index contributed by atoms with van der Waals surface area (Å²) in [5.41, 5.74) is 0.0654. The van der Waals surface area contributed by atoms with Crippen LogP contribution in [0, 0.1) is 5.41 Å². The third kappa shape index (κ3) is 4.50. The van der Waals surface area contributed by atoms with E-state index in [1.165, 1.54) is 17.1 Å². The van der Waals surface area contributed by atoms with Crippen molar-refractivity contribution in [3.8, 4) is 0 Å². The first-order chi connectivity index (χ1) is 10.0. The molecule has 7 nitrogen and oxygen atoms in total. The number of rotatable bonds is 10. The molecule has 0 spiro atoms. The van der Waals surface area contributed by atoms with Crippen molar-refractivity contribution in [2.24, 2.45) is 5.41 Å². The van der Waals surface area contributed by atoms with Gasteiger partial charge in [-0.1, -0.05) is 0 Å². The molecule has 0 amide bonds. The minimum absolute atomic E-state index is 0.0578. The first-order valence-corrected chi connectivity index (χ1v) is 8.62. The first kappa shape index (κ1) is 16.4. The first-order valence-electron chi connectivity index (χ1n) is 7.13. The topological polar surface area (TPSA) is 93.5 Å². The molecule has 2 N–H and O–H groups in total. The Balaban J connectivity index is 1.91. The van der Waals surface area contributed by atoms with Crippen LogP contribution in [0.15, 0.2) is 17.3 Å². The molecular weight excluding hydrogens is 294 g/mol. The molecule has 1 aromatic heterocycles. The van der Waals surface area contributed by atoms with E-state index in [1.54, 1.807) is 7.11 Å². The minimum atomic E-state index is -3.52. The van der Waals surface area contributed by atoms with Crippen molar-refractivity contribution in [2.75, 3.05) is 26.9 Å². The summed E-state index contributed by atoms with van der Waals surface area (Å²) in [6.07, 6.45) is 6.33. The van der Waals surface area contributed by atoms with Crippen molar-refractivity contribution in [1.82, 2.24) is 14.5 Å². The van der Waals surface area contributed by atoms with E-state index >= 15 is 0 Å². The van der Waals surface area contributed by atoms with Gasteiger partial charge < -0.3 is 9.84 Å². The lowest BCUT2D eigenvalue weighted by atomic mass is 10.0. The maximum atomic E-state index is 12.2. The number of hydrogen-bond donors (Lipinski definition) is 2. The highest BCUT2D eigenvalue weighted by Crippen LogP contribution is 2.48. The molecule has 1 heterocycles. The Morgan fingerprint density at radius 2 is 2.29 bits per heavy atom. The summed E-state index contributed by atoms with van der Waals surface area (Å²) in [7, 11) is -1.87. The summed E-state index contributed by atoms with van der Waals surface area (Å²) in [5, 5.41) is 12.8. The monoisotopic (exact) mass is 317 g/mol. The standard InChI is InChI=1S/C13H23N3O4S/c1-20-8-5-13(3-4-13)11-15-21(18,19)12-9-14-16(10-12)6-2-7-17/h9-10,15,17H,2-8,11H2,1H3. The Bertz CT molecular complexity index is 552. The van der Waals surface area contributed by atoms with E-state index in [0.717, 1.165) is 19.3 Å². The lowest BCUT2D eigenvalue weighted by Crippen LogP contribution is -2.30. The van der Waals surface area contributed by atoms with Crippen LogP contribution in [-0.4, -0.2) is 50.2 Å². The number of nitrogens with one attached hydrogen (secondary N) is 1. The van der Waals surface area contributed by atoms with Gasteiger partial charge >= 0.3 is 0 Å². The van der Waals surface area contributed by atoms with Crippen LogP contribution in [-0.2, 0) is 21.3 Å². The summed E-state index contributed by atoms with van der Waals surface area (Å²) in [5.74, 6) is 0. The molecule has 0 unspecified atom stereocenters. The van der Waals surface area contributed by atoms with Gasteiger partial charge in [0.2, 0.25) is 10.0 Å². The molecule has 1 aliphatic rings. The third-order valence-electron chi connectivity index (χ3n) is 3.90. The number of hydrogen-bond acceptors (Lipinski definition) is 5. The number of methoxy groups -OCH3 is 1. The Morgan fingerprint density at radius 3 is 2.90 bits per heavy atom. The van der Waals surface area contributed by atoms with Gasteiger partial charge in [-0.05, 0) is 31.1 Å². The summed E-state index contributed by atoms with van der Waals surface area (Å²) >= 11 is 0. The van der Waals surface area contributed by atoms with Crippen LogP contribution in [0.3, 0.4) is 0 Å². The molecule has 1 aromatic rings. The van der Waals surface area contributed by atoms with Crippen LogP contribution in [0.5, 0.6) is 0 Å². The second-order valence-corrected chi connectivity index (χ2v) is 7.35. The van der Waals surface area contributed by atoms with Gasteiger partial charge in [-0.15, -0.1) is 0 Å². The number of aliphatic hydroxyl groups is 1. The van der Waals surface area contributed by atoms with Crippen molar-refractivity contribution in [3.05, 3.63) is 12.4 Å². The van der Waals surface area contributed by atoms with Crippen LogP contribution in [0.1, 0.15) is 25.7 Å². The smallest absolute Gasteiger partial charge is 0.243 e. The molecule has 1 fully saturated rings. The predicted molar refractivity (Wildman–Crippen MR) is 77.3 cm³/mol. The molecule has 120 valence electrons. The Kier molecular flexibility index (Phi) is 5.37. The van der Waals surface area contributed by atoms with E-state index in [9.17, 15) is 8.42 Å². The zero-order chi connectivity index (χ0) is 15.3. The molecule has 0 radical (unpaired) electrons. The Labute approximate surface area is 125 Å². The number of aliphatic hydroxyl groups excluding tert-OH is 1. The minimum Gasteiger partial charge on any atom is -0.396 e. The van der Waals surface area contributed by atoms with Crippen LogP contribution in [0.4, 0.5) is 0 Å². The second-order valence-electron chi connectivity index (χ2n) is 5.58. The summed E-state index contributed by atoms with van der Waals surface area (Å²) in [6.45, 7) is 1.66. The van der Waals surface area contributed by atoms with Gasteiger partial charge in [-0.2, -0.15) is 5.10 Å². The molecule has 21 heavy (non-hydrogen) atoms. The SMILES string of the molecule is COCCC1(CNS(=O)(=O)c2cnn(CCCO)c2)CC1. The predicted octanol–water partition coefficient (Wildman–Crippen LogP) is 0.360. The Hall–Kier alpha value is -0.960. The number of nitrogens with zero attached hydrogens (tertiary/aromatic N) is 2. The van der Waals surface area contributed by atoms with E-state index in [2.05, 4.69) is 9.82 Å². The summed E-state index contributed by atoms with van der Waals surface area (Å²) in [4.78, 5) is 0.169. The zero-order valence-electron chi connectivity index (χ0n) is 12.3. The fourth-order valence-electron chi connectivity index (χ4n) is 2.18. The molecule has 0 saturated heterocycles. The van der Waals surface area contributed by atoms with Gasteiger partial charge in [0, 0.05) is 39.6 Å². The quantitative estimate of drug-likeness (QED) is 0.650. The molecule has 0 aromatic carbocycles. The van der Waals surface area contributed by atoms with Gasteiger partial charge in [0.05, 0.1) is 6.20 Å². The van der Waals surface area contributed by atoms with Gasteiger partial charge in [0.15, 0.2) is 0 Å². The van der Waals surface area contributed by atoms with E-state index < -0.39 is 10.0 Å². The highest BCUT2D eigenvalue weighted by Gasteiger charge is 2.42. The van der Waals surface area contributed by atoms with Gasteiger partial charge in [-0.25, -0.2) is 13.1 Å². The highest BCUT2D eigenvalue weighted by molar-refractivity contribution is 7.89. The lowest BCUT2D eigenvalue weighted by molar-refractivity contribution is 0.173. The molecule has 8 heteroatoms. The van der Waals surface area contributed by atoms with Crippen molar-refractivity contribution in [3.63, 3.8) is 0 Å². The van der Waals surface area contributed by atoms with Crippen molar-refractivity contribution >= 4 is 10.0 Å².